The van der Waals surface area contributed by atoms with Gasteiger partial charge in [-0.05, 0) is 25.5 Å². The van der Waals surface area contributed by atoms with Crippen molar-refractivity contribution in [1.29, 1.82) is 0 Å². The number of aliphatic hydroxyl groups excluding tert-OH is 1. The Labute approximate surface area is 164 Å². The van der Waals surface area contributed by atoms with Crippen molar-refractivity contribution in [2.45, 2.75) is 141 Å². The van der Waals surface area contributed by atoms with Gasteiger partial charge in [0, 0.05) is 5.25 Å². The quantitative estimate of drug-likeness (QED) is 0.218. The van der Waals surface area contributed by atoms with E-state index >= 15 is 0 Å². The van der Waals surface area contributed by atoms with Crippen molar-refractivity contribution in [2.75, 3.05) is 5.75 Å². The second kappa shape index (κ2) is 20.6. The molecular weight excluding hydrogens is 324 g/mol. The molecule has 0 heterocycles. The minimum atomic E-state index is -0.149. The number of aliphatic hydroxyl groups is 1. The fourth-order valence-corrected chi connectivity index (χ4v) is 4.70. The Morgan fingerprint density at radius 3 is 1.44 bits per heavy atom. The van der Waals surface area contributed by atoms with Crippen LogP contribution in [0.4, 0.5) is 0 Å². The van der Waals surface area contributed by atoms with Crippen molar-refractivity contribution in [3.63, 3.8) is 0 Å². The van der Waals surface area contributed by atoms with Crippen molar-refractivity contribution < 1.29 is 5.11 Å². The third-order valence-electron chi connectivity index (χ3n) is 5.21. The molecule has 25 heavy (non-hydrogen) atoms. The van der Waals surface area contributed by atoms with Crippen molar-refractivity contribution in [1.82, 2.24) is 0 Å². The summed E-state index contributed by atoms with van der Waals surface area (Å²) >= 11 is 2.02. The molecule has 0 aliphatic rings. The average molecular weight is 373 g/mol. The first-order chi connectivity index (χ1) is 12.2. The summed E-state index contributed by atoms with van der Waals surface area (Å²) < 4.78 is 0. The van der Waals surface area contributed by atoms with Crippen LogP contribution >= 0.6 is 11.8 Å². The molecule has 2 heteroatoms. The molecule has 2 unspecified atom stereocenters. The van der Waals surface area contributed by atoms with Crippen LogP contribution in [0.25, 0.3) is 0 Å². The summed E-state index contributed by atoms with van der Waals surface area (Å²) in [5.41, 5.74) is 0. The Morgan fingerprint density at radius 2 is 1.00 bits per heavy atom. The molecule has 0 aromatic rings. The van der Waals surface area contributed by atoms with Gasteiger partial charge in [-0.15, -0.1) is 0 Å². The van der Waals surface area contributed by atoms with Gasteiger partial charge in [-0.2, -0.15) is 11.8 Å². The predicted octanol–water partition coefficient (Wildman–Crippen LogP) is 8.14. The molecule has 1 nitrogen and oxygen atoms in total. The molecule has 1 N–H and O–H groups in total. The van der Waals surface area contributed by atoms with E-state index in [9.17, 15) is 5.11 Å². The van der Waals surface area contributed by atoms with E-state index in [0.29, 0.717) is 5.25 Å². The van der Waals surface area contributed by atoms with Gasteiger partial charge in [-0.25, -0.2) is 0 Å². The molecule has 0 amide bonds. The fraction of sp³-hybridized carbons (Fsp3) is 1.00. The van der Waals surface area contributed by atoms with E-state index in [0.717, 1.165) is 0 Å². The Hall–Kier alpha value is 0.310. The highest BCUT2D eigenvalue weighted by Gasteiger charge is 2.14. The lowest BCUT2D eigenvalue weighted by atomic mass is 10.1. The first-order valence-corrected chi connectivity index (χ1v) is 12.6. The van der Waals surface area contributed by atoms with Crippen LogP contribution in [0.15, 0.2) is 0 Å². The maximum atomic E-state index is 9.97. The highest BCUT2D eigenvalue weighted by Crippen LogP contribution is 2.23. The average Bonchev–Trinajstić information content (AvgIpc) is 2.60. The van der Waals surface area contributed by atoms with Gasteiger partial charge in [-0.1, -0.05) is 110 Å². The molecule has 0 saturated carbocycles. The fourth-order valence-electron chi connectivity index (χ4n) is 3.41. The lowest BCUT2D eigenvalue weighted by Gasteiger charge is -2.19. The number of rotatable bonds is 20. The molecule has 0 rings (SSSR count). The molecule has 0 aliphatic heterocycles. The predicted molar refractivity (Wildman–Crippen MR) is 118 cm³/mol. The van der Waals surface area contributed by atoms with E-state index in [1.807, 2.05) is 18.7 Å². The van der Waals surface area contributed by atoms with E-state index in [-0.39, 0.29) is 6.10 Å². The Balaban J connectivity index is 3.38. The standard InChI is InChI=1S/C23H48OS/c1-4-6-8-10-11-12-13-14-15-17-19-21-25-23(22(3)24)20-18-16-9-7-5-2/h22-24H,4-21H2,1-3H3. The van der Waals surface area contributed by atoms with E-state index in [1.54, 1.807) is 0 Å². The van der Waals surface area contributed by atoms with Crippen LogP contribution in [-0.4, -0.2) is 22.2 Å². The topological polar surface area (TPSA) is 20.2 Å². The molecule has 0 radical (unpaired) electrons. The SMILES string of the molecule is CCCCCCCCCCCCCSC(CCCCCCC)C(C)O. The maximum absolute atomic E-state index is 9.97. The minimum absolute atomic E-state index is 0.149. The van der Waals surface area contributed by atoms with Crippen molar-refractivity contribution >= 4 is 11.8 Å². The van der Waals surface area contributed by atoms with E-state index in [4.69, 9.17) is 0 Å². The zero-order valence-electron chi connectivity index (χ0n) is 17.7. The summed E-state index contributed by atoms with van der Waals surface area (Å²) in [6, 6.07) is 0. The summed E-state index contributed by atoms with van der Waals surface area (Å²) in [5.74, 6) is 1.24. The van der Waals surface area contributed by atoms with Gasteiger partial charge in [0.2, 0.25) is 0 Å². The number of hydrogen-bond donors (Lipinski definition) is 1. The summed E-state index contributed by atoms with van der Waals surface area (Å²) in [6.45, 7) is 6.53. The van der Waals surface area contributed by atoms with E-state index in [1.165, 1.54) is 115 Å². The maximum Gasteiger partial charge on any atom is 0.0630 e. The molecule has 0 aromatic carbocycles. The molecule has 2 atom stereocenters. The Morgan fingerprint density at radius 1 is 0.600 bits per heavy atom. The van der Waals surface area contributed by atoms with Gasteiger partial charge in [-0.3, -0.25) is 0 Å². The lowest BCUT2D eigenvalue weighted by molar-refractivity contribution is 0.186. The smallest absolute Gasteiger partial charge is 0.0630 e. The van der Waals surface area contributed by atoms with E-state index < -0.39 is 0 Å². The van der Waals surface area contributed by atoms with Gasteiger partial charge in [0.15, 0.2) is 0 Å². The molecule has 0 fully saturated rings. The largest absolute Gasteiger partial charge is 0.392 e. The zero-order valence-corrected chi connectivity index (χ0v) is 18.6. The molecule has 0 bridgehead atoms. The monoisotopic (exact) mass is 372 g/mol. The van der Waals surface area contributed by atoms with Gasteiger partial charge >= 0.3 is 0 Å². The minimum Gasteiger partial charge on any atom is -0.392 e. The van der Waals surface area contributed by atoms with Crippen LogP contribution in [0.1, 0.15) is 130 Å². The summed E-state index contributed by atoms with van der Waals surface area (Å²) in [4.78, 5) is 0. The van der Waals surface area contributed by atoms with Crippen molar-refractivity contribution in [3.8, 4) is 0 Å². The molecular formula is C23H48OS. The highest BCUT2D eigenvalue weighted by atomic mass is 32.2. The summed E-state index contributed by atoms with van der Waals surface area (Å²) in [5, 5.41) is 10.4. The molecule has 152 valence electrons. The van der Waals surface area contributed by atoms with Crippen molar-refractivity contribution in [2.24, 2.45) is 0 Å². The van der Waals surface area contributed by atoms with Gasteiger partial charge in [0.25, 0.3) is 0 Å². The van der Waals surface area contributed by atoms with Crippen LogP contribution in [0, 0.1) is 0 Å². The summed E-state index contributed by atoms with van der Waals surface area (Å²) in [6.07, 6.45) is 23.3. The Kier molecular flexibility index (Phi) is 20.9. The van der Waals surface area contributed by atoms with E-state index in [2.05, 4.69) is 13.8 Å². The van der Waals surface area contributed by atoms with Gasteiger partial charge in [0.05, 0.1) is 6.10 Å². The molecule has 0 spiro atoms. The number of thioether (sulfide) groups is 1. The molecule has 0 aliphatic carbocycles. The third kappa shape index (κ3) is 18.9. The number of hydrogen-bond acceptors (Lipinski definition) is 2. The van der Waals surface area contributed by atoms with Crippen LogP contribution in [0.3, 0.4) is 0 Å². The second-order valence-electron chi connectivity index (χ2n) is 7.89. The highest BCUT2D eigenvalue weighted by molar-refractivity contribution is 7.99. The zero-order chi connectivity index (χ0) is 18.6. The molecule has 0 saturated heterocycles. The van der Waals surface area contributed by atoms with Crippen molar-refractivity contribution in [3.05, 3.63) is 0 Å². The number of unbranched alkanes of at least 4 members (excludes halogenated alkanes) is 14. The first kappa shape index (κ1) is 25.3. The van der Waals surface area contributed by atoms with Gasteiger partial charge in [0.1, 0.15) is 0 Å². The van der Waals surface area contributed by atoms with Gasteiger partial charge < -0.3 is 5.11 Å². The first-order valence-electron chi connectivity index (χ1n) is 11.5. The normalized spacial score (nSPS) is 13.9. The molecule has 0 aromatic heterocycles. The van der Waals surface area contributed by atoms with Crippen LogP contribution in [0.5, 0.6) is 0 Å². The lowest BCUT2D eigenvalue weighted by Crippen LogP contribution is -2.19. The third-order valence-corrected chi connectivity index (χ3v) is 6.79. The van der Waals surface area contributed by atoms with Crippen LogP contribution in [0.2, 0.25) is 0 Å². The van der Waals surface area contributed by atoms with Crippen LogP contribution < -0.4 is 0 Å². The Bertz CT molecular complexity index is 242. The second-order valence-corrected chi connectivity index (χ2v) is 9.24. The van der Waals surface area contributed by atoms with Crippen LogP contribution in [-0.2, 0) is 0 Å². The summed E-state index contributed by atoms with van der Waals surface area (Å²) in [7, 11) is 0.